The molecule has 224 valence electrons. The lowest BCUT2D eigenvalue weighted by molar-refractivity contribution is -0.137. The molecule has 3 aromatic carbocycles. The first-order chi connectivity index (χ1) is 21.3. The van der Waals surface area contributed by atoms with Gasteiger partial charge in [0.1, 0.15) is 5.82 Å². The number of para-hydroxylation sites is 2. The van der Waals surface area contributed by atoms with Crippen molar-refractivity contribution in [3.05, 3.63) is 125 Å². The largest absolute Gasteiger partial charge is 0.463 e. The molecule has 3 aliphatic rings. The van der Waals surface area contributed by atoms with Gasteiger partial charge in [0.25, 0.3) is 5.91 Å². The highest BCUT2D eigenvalue weighted by Crippen LogP contribution is 2.37. The zero-order valence-electron chi connectivity index (χ0n) is 24.7. The van der Waals surface area contributed by atoms with Crippen molar-refractivity contribution in [2.45, 2.75) is 39.8 Å². The number of nitrogens with zero attached hydrogens (tertiary/aromatic N) is 3. The smallest absolute Gasteiger partial charge is 0.331 e. The van der Waals surface area contributed by atoms with Gasteiger partial charge >= 0.3 is 12.0 Å². The van der Waals surface area contributed by atoms with Gasteiger partial charge in [-0.3, -0.25) is 14.6 Å². The number of allylic oxidation sites excluding steroid dienone is 1. The molecule has 0 atom stereocenters. The number of aryl methyl sites for hydroxylation is 1. The standard InChI is InChI=1S/C35H33FN4O4/c1-3-44-32(41)19-24-15-17-39(33-29(24)10-6-11-30(33)36)35(43)37-20-26-14-13-25(18-23(26)2)34(42)40-22-28-9-7-16-38(28)21-27-8-4-5-12-31(27)40/h4-8,10-14,16,18-19,22H,3,9,15,17,20-21H2,1-2H3,(H,37,43). The summed E-state index contributed by atoms with van der Waals surface area (Å²) in [5, 5.41) is 2.90. The third-order valence-corrected chi connectivity index (χ3v) is 8.12. The summed E-state index contributed by atoms with van der Waals surface area (Å²) >= 11 is 0. The fourth-order valence-corrected chi connectivity index (χ4v) is 5.88. The molecule has 8 nitrogen and oxygen atoms in total. The third-order valence-electron chi connectivity index (χ3n) is 8.12. The number of fused-ring (bicyclic) bond motifs is 3. The van der Waals surface area contributed by atoms with Gasteiger partial charge in [-0.05, 0) is 66.8 Å². The zero-order chi connectivity index (χ0) is 30.8. The van der Waals surface area contributed by atoms with Gasteiger partial charge in [0.05, 0.1) is 18.0 Å². The Bertz CT molecular complexity index is 1740. The summed E-state index contributed by atoms with van der Waals surface area (Å²) < 4.78 is 20.0. The van der Waals surface area contributed by atoms with Gasteiger partial charge in [0.15, 0.2) is 0 Å². The Morgan fingerprint density at radius 1 is 1.07 bits per heavy atom. The van der Waals surface area contributed by atoms with E-state index in [1.54, 1.807) is 30.0 Å². The van der Waals surface area contributed by atoms with E-state index in [-0.39, 0.29) is 31.3 Å². The van der Waals surface area contributed by atoms with Crippen LogP contribution >= 0.6 is 0 Å². The summed E-state index contributed by atoms with van der Waals surface area (Å²) in [5.41, 5.74) is 6.45. The van der Waals surface area contributed by atoms with Crippen LogP contribution in [0.1, 0.15) is 52.4 Å². The summed E-state index contributed by atoms with van der Waals surface area (Å²) in [6, 6.07) is 17.5. The van der Waals surface area contributed by atoms with Crippen LogP contribution in [0.15, 0.2) is 90.9 Å². The summed E-state index contributed by atoms with van der Waals surface area (Å²) in [7, 11) is 0. The molecule has 6 rings (SSSR count). The molecule has 9 heteroatoms. The molecule has 0 saturated heterocycles. The molecule has 1 N–H and O–H groups in total. The molecule has 0 spiro atoms. The highest BCUT2D eigenvalue weighted by Gasteiger charge is 2.29. The molecule has 0 aromatic heterocycles. The van der Waals surface area contributed by atoms with E-state index >= 15 is 4.39 Å². The Hall–Kier alpha value is -5.18. The van der Waals surface area contributed by atoms with E-state index in [1.165, 1.54) is 17.0 Å². The third kappa shape index (κ3) is 5.60. The second kappa shape index (κ2) is 12.2. The van der Waals surface area contributed by atoms with Crippen LogP contribution in [0.5, 0.6) is 0 Å². The minimum Gasteiger partial charge on any atom is -0.463 e. The van der Waals surface area contributed by atoms with E-state index in [1.807, 2.05) is 49.5 Å². The molecule has 0 bridgehead atoms. The van der Waals surface area contributed by atoms with Gasteiger partial charge in [-0.25, -0.2) is 14.0 Å². The van der Waals surface area contributed by atoms with Crippen molar-refractivity contribution >= 4 is 34.9 Å². The van der Waals surface area contributed by atoms with E-state index in [0.29, 0.717) is 29.7 Å². The summed E-state index contributed by atoms with van der Waals surface area (Å²) in [4.78, 5) is 44.4. The predicted octanol–water partition coefficient (Wildman–Crippen LogP) is 6.42. The van der Waals surface area contributed by atoms with Crippen molar-refractivity contribution in [3.63, 3.8) is 0 Å². The van der Waals surface area contributed by atoms with Crippen molar-refractivity contribution < 1.29 is 23.5 Å². The van der Waals surface area contributed by atoms with E-state index < -0.39 is 17.8 Å². The number of ether oxygens (including phenoxy) is 1. The van der Waals surface area contributed by atoms with Crippen LogP contribution in [0.4, 0.5) is 20.6 Å². The van der Waals surface area contributed by atoms with Crippen LogP contribution in [0.3, 0.4) is 0 Å². The quantitative estimate of drug-likeness (QED) is 0.273. The molecular formula is C35H33FN4O4. The van der Waals surface area contributed by atoms with Crippen LogP contribution in [0, 0.1) is 12.7 Å². The molecule has 3 heterocycles. The van der Waals surface area contributed by atoms with Crippen molar-refractivity contribution in [1.82, 2.24) is 10.2 Å². The minimum absolute atomic E-state index is 0.132. The van der Waals surface area contributed by atoms with Gasteiger partial charge in [-0.15, -0.1) is 0 Å². The second-order valence-corrected chi connectivity index (χ2v) is 10.9. The number of amides is 3. The van der Waals surface area contributed by atoms with Crippen LogP contribution in [-0.2, 0) is 22.6 Å². The summed E-state index contributed by atoms with van der Waals surface area (Å²) in [6.45, 7) is 4.96. The number of anilines is 2. The number of nitrogens with one attached hydrogen (secondary N) is 1. The zero-order valence-corrected chi connectivity index (χ0v) is 24.7. The number of hydrogen-bond acceptors (Lipinski definition) is 5. The van der Waals surface area contributed by atoms with Gasteiger partial charge in [-0.2, -0.15) is 0 Å². The second-order valence-electron chi connectivity index (χ2n) is 10.9. The van der Waals surface area contributed by atoms with E-state index in [4.69, 9.17) is 4.74 Å². The van der Waals surface area contributed by atoms with Crippen LogP contribution in [0.25, 0.3) is 5.57 Å². The molecule has 44 heavy (non-hydrogen) atoms. The van der Waals surface area contributed by atoms with Crippen molar-refractivity contribution in [1.29, 1.82) is 0 Å². The van der Waals surface area contributed by atoms with E-state index in [2.05, 4.69) is 22.5 Å². The number of rotatable bonds is 5. The number of carbonyl (C=O) groups excluding carboxylic acids is 3. The maximum atomic E-state index is 15.0. The number of halogens is 1. The minimum atomic E-state index is -0.548. The fourth-order valence-electron chi connectivity index (χ4n) is 5.88. The highest BCUT2D eigenvalue weighted by molar-refractivity contribution is 6.08. The van der Waals surface area contributed by atoms with Gasteiger partial charge in [-0.1, -0.05) is 42.5 Å². The average Bonchev–Trinajstić information content (AvgIpc) is 3.39. The predicted molar refractivity (Wildman–Crippen MR) is 167 cm³/mol. The number of benzene rings is 3. The number of hydrogen-bond donors (Lipinski definition) is 1. The lowest BCUT2D eigenvalue weighted by atomic mass is 9.95. The molecule has 0 saturated carbocycles. The number of urea groups is 1. The molecule has 0 fully saturated rings. The van der Waals surface area contributed by atoms with Crippen LogP contribution in [0.2, 0.25) is 0 Å². The Kier molecular flexibility index (Phi) is 8.02. The topological polar surface area (TPSA) is 82.2 Å². The first-order valence-electron chi connectivity index (χ1n) is 14.7. The number of carbonyl (C=O) groups is 3. The van der Waals surface area contributed by atoms with Crippen molar-refractivity contribution in [2.75, 3.05) is 23.0 Å². The molecule has 0 aliphatic carbocycles. The molecule has 0 radical (unpaired) electrons. The molecular weight excluding hydrogens is 559 g/mol. The maximum Gasteiger partial charge on any atom is 0.331 e. The van der Waals surface area contributed by atoms with Gasteiger partial charge in [0, 0.05) is 61.4 Å². The Balaban J connectivity index is 1.18. The molecule has 3 aliphatic heterocycles. The summed E-state index contributed by atoms with van der Waals surface area (Å²) in [5.74, 6) is -1.18. The first-order valence-corrected chi connectivity index (χ1v) is 14.7. The molecule has 3 aromatic rings. The Morgan fingerprint density at radius 2 is 1.91 bits per heavy atom. The molecule has 3 amide bonds. The van der Waals surface area contributed by atoms with Crippen molar-refractivity contribution in [2.24, 2.45) is 0 Å². The Morgan fingerprint density at radius 3 is 2.73 bits per heavy atom. The first kappa shape index (κ1) is 28.9. The van der Waals surface area contributed by atoms with Crippen molar-refractivity contribution in [3.8, 4) is 0 Å². The van der Waals surface area contributed by atoms with E-state index in [0.717, 1.165) is 34.5 Å². The lowest BCUT2D eigenvalue weighted by Gasteiger charge is -2.31. The summed E-state index contributed by atoms with van der Waals surface area (Å²) in [6.07, 6.45) is 8.57. The molecule has 0 unspecified atom stereocenters. The maximum absolute atomic E-state index is 15.0. The average molecular weight is 593 g/mol. The fraction of sp³-hybridized carbons (Fsp3) is 0.229. The normalized spacial score (nSPS) is 16.1. The van der Waals surface area contributed by atoms with Crippen LogP contribution in [-0.4, -0.2) is 36.0 Å². The number of esters is 1. The highest BCUT2D eigenvalue weighted by atomic mass is 19.1. The van der Waals surface area contributed by atoms with E-state index in [9.17, 15) is 14.4 Å². The van der Waals surface area contributed by atoms with Crippen LogP contribution < -0.4 is 15.1 Å². The Labute approximate surface area is 255 Å². The van der Waals surface area contributed by atoms with Gasteiger partial charge < -0.3 is 15.0 Å². The monoisotopic (exact) mass is 592 g/mol. The van der Waals surface area contributed by atoms with Gasteiger partial charge in [0.2, 0.25) is 0 Å². The lowest BCUT2D eigenvalue weighted by Crippen LogP contribution is -2.43. The SMILES string of the molecule is CCOC(=O)C=C1CCN(C(=O)NCc2ccc(C(=O)N3C=C4CC=CN4Cc4ccccc43)cc2C)c2c(F)cccc21.